The fourth-order valence-electron chi connectivity index (χ4n) is 3.58. The molecule has 2 N–H and O–H groups in total. The van der Waals surface area contributed by atoms with E-state index in [1.54, 1.807) is 0 Å². The molecule has 0 amide bonds. The monoisotopic (exact) mass is 224 g/mol. The quantitative estimate of drug-likeness (QED) is 0.798. The first-order chi connectivity index (χ1) is 7.68. The van der Waals surface area contributed by atoms with Gasteiger partial charge in [-0.3, -0.25) is 0 Å². The van der Waals surface area contributed by atoms with Gasteiger partial charge in [0.05, 0.1) is 0 Å². The first-order valence-corrected chi connectivity index (χ1v) is 7.18. The smallest absolute Gasteiger partial charge is 0.00953 e. The second kappa shape index (κ2) is 5.50. The summed E-state index contributed by atoms with van der Waals surface area (Å²) in [7, 11) is 0. The lowest BCUT2D eigenvalue weighted by Gasteiger charge is -2.40. The van der Waals surface area contributed by atoms with Crippen LogP contribution in [0.15, 0.2) is 0 Å². The van der Waals surface area contributed by atoms with Crippen LogP contribution in [0.2, 0.25) is 0 Å². The average Bonchev–Trinajstić information content (AvgIpc) is 2.81. The van der Waals surface area contributed by atoms with E-state index in [2.05, 4.69) is 18.7 Å². The summed E-state index contributed by atoms with van der Waals surface area (Å²) in [5.41, 5.74) is 6.06. The third-order valence-corrected chi connectivity index (χ3v) is 4.89. The molecule has 3 atom stereocenters. The van der Waals surface area contributed by atoms with Crippen LogP contribution in [0.1, 0.15) is 52.4 Å². The molecule has 3 unspecified atom stereocenters. The van der Waals surface area contributed by atoms with E-state index in [9.17, 15) is 0 Å². The summed E-state index contributed by atoms with van der Waals surface area (Å²) < 4.78 is 0. The Morgan fingerprint density at radius 1 is 1.00 bits per heavy atom. The van der Waals surface area contributed by atoms with Gasteiger partial charge in [-0.15, -0.1) is 0 Å². The van der Waals surface area contributed by atoms with E-state index < -0.39 is 0 Å². The summed E-state index contributed by atoms with van der Waals surface area (Å²) in [4.78, 5) is 2.72. The number of likely N-dealkylation sites (tertiary alicyclic amines) is 1. The van der Waals surface area contributed by atoms with Crippen LogP contribution in [0.25, 0.3) is 0 Å². The summed E-state index contributed by atoms with van der Waals surface area (Å²) in [6.45, 7) is 7.17. The standard InChI is InChI=1S/C14H28N2/c1-11(15)14-8-5-9-16(10-14)12(2)13-6-3-4-7-13/h11-14H,3-10,15H2,1-2H3. The molecule has 2 rings (SSSR count). The van der Waals surface area contributed by atoms with E-state index in [4.69, 9.17) is 5.73 Å². The zero-order chi connectivity index (χ0) is 11.5. The van der Waals surface area contributed by atoms with Crippen molar-refractivity contribution < 1.29 is 0 Å². The highest BCUT2D eigenvalue weighted by Gasteiger charge is 2.30. The first kappa shape index (κ1) is 12.4. The molecule has 1 saturated carbocycles. The van der Waals surface area contributed by atoms with Gasteiger partial charge in [0.2, 0.25) is 0 Å². The molecular formula is C14H28N2. The molecule has 1 heterocycles. The van der Waals surface area contributed by atoms with Gasteiger partial charge in [-0.1, -0.05) is 12.8 Å². The summed E-state index contributed by atoms with van der Waals surface area (Å²) in [5, 5.41) is 0. The normalized spacial score (nSPS) is 32.8. The van der Waals surface area contributed by atoms with Gasteiger partial charge in [-0.05, 0) is 57.9 Å². The van der Waals surface area contributed by atoms with Crippen LogP contribution in [0, 0.1) is 11.8 Å². The van der Waals surface area contributed by atoms with Crippen LogP contribution < -0.4 is 5.73 Å². The predicted octanol–water partition coefficient (Wildman–Crippen LogP) is 2.62. The van der Waals surface area contributed by atoms with Crippen molar-refractivity contribution >= 4 is 0 Å². The van der Waals surface area contributed by atoms with E-state index in [1.165, 1.54) is 51.6 Å². The topological polar surface area (TPSA) is 29.3 Å². The molecule has 0 bridgehead atoms. The molecule has 1 saturated heterocycles. The summed E-state index contributed by atoms with van der Waals surface area (Å²) >= 11 is 0. The third-order valence-electron chi connectivity index (χ3n) is 4.89. The molecule has 0 radical (unpaired) electrons. The van der Waals surface area contributed by atoms with Crippen LogP contribution in [-0.2, 0) is 0 Å². The lowest BCUT2D eigenvalue weighted by atomic mass is 9.89. The van der Waals surface area contributed by atoms with Crippen molar-refractivity contribution in [3.63, 3.8) is 0 Å². The molecule has 94 valence electrons. The largest absolute Gasteiger partial charge is 0.328 e. The highest BCUT2D eigenvalue weighted by Crippen LogP contribution is 2.32. The third kappa shape index (κ3) is 2.78. The van der Waals surface area contributed by atoms with Crippen molar-refractivity contribution in [1.29, 1.82) is 0 Å². The Hall–Kier alpha value is -0.0800. The van der Waals surface area contributed by atoms with Gasteiger partial charge in [0.15, 0.2) is 0 Å². The van der Waals surface area contributed by atoms with Crippen molar-refractivity contribution in [3.05, 3.63) is 0 Å². The van der Waals surface area contributed by atoms with E-state index in [-0.39, 0.29) is 0 Å². The molecule has 1 aliphatic carbocycles. The van der Waals surface area contributed by atoms with Crippen molar-refractivity contribution in [2.45, 2.75) is 64.5 Å². The van der Waals surface area contributed by atoms with Crippen LogP contribution in [0.4, 0.5) is 0 Å². The van der Waals surface area contributed by atoms with Gasteiger partial charge >= 0.3 is 0 Å². The van der Waals surface area contributed by atoms with Gasteiger partial charge in [0.25, 0.3) is 0 Å². The van der Waals surface area contributed by atoms with Gasteiger partial charge in [0.1, 0.15) is 0 Å². The molecule has 2 heteroatoms. The van der Waals surface area contributed by atoms with Crippen LogP contribution in [0.3, 0.4) is 0 Å². The molecule has 1 aliphatic heterocycles. The van der Waals surface area contributed by atoms with Gasteiger partial charge in [-0.2, -0.15) is 0 Å². The van der Waals surface area contributed by atoms with Gasteiger partial charge in [-0.25, -0.2) is 0 Å². The van der Waals surface area contributed by atoms with E-state index in [1.807, 2.05) is 0 Å². The van der Waals surface area contributed by atoms with Crippen molar-refractivity contribution in [2.24, 2.45) is 17.6 Å². The Bertz CT molecular complexity index is 209. The highest BCUT2D eigenvalue weighted by molar-refractivity contribution is 4.85. The maximum absolute atomic E-state index is 6.06. The summed E-state index contributed by atoms with van der Waals surface area (Å²) in [5.74, 6) is 1.70. The molecule has 2 fully saturated rings. The highest BCUT2D eigenvalue weighted by atomic mass is 15.2. The Morgan fingerprint density at radius 3 is 2.25 bits per heavy atom. The molecule has 2 nitrogen and oxygen atoms in total. The number of rotatable bonds is 3. The van der Waals surface area contributed by atoms with Gasteiger partial charge in [0, 0.05) is 18.6 Å². The van der Waals surface area contributed by atoms with Crippen molar-refractivity contribution in [1.82, 2.24) is 4.90 Å². The number of hydrogen-bond donors (Lipinski definition) is 1. The fraction of sp³-hybridized carbons (Fsp3) is 1.00. The second-order valence-corrected chi connectivity index (χ2v) is 6.04. The molecule has 2 aliphatic rings. The average molecular weight is 224 g/mol. The molecule has 0 aromatic carbocycles. The van der Waals surface area contributed by atoms with E-state index >= 15 is 0 Å². The number of hydrogen-bond acceptors (Lipinski definition) is 2. The van der Waals surface area contributed by atoms with Crippen molar-refractivity contribution in [3.8, 4) is 0 Å². The minimum atomic E-state index is 0.374. The first-order valence-electron chi connectivity index (χ1n) is 7.18. The molecular weight excluding hydrogens is 196 g/mol. The van der Waals surface area contributed by atoms with Crippen LogP contribution in [-0.4, -0.2) is 30.1 Å². The molecule has 0 spiro atoms. The number of nitrogens with zero attached hydrogens (tertiary/aromatic N) is 1. The Morgan fingerprint density at radius 2 is 1.62 bits per heavy atom. The maximum atomic E-state index is 6.06. The molecule has 0 aromatic heterocycles. The number of piperidine rings is 1. The zero-order valence-electron chi connectivity index (χ0n) is 11.0. The lowest BCUT2D eigenvalue weighted by molar-refractivity contribution is 0.0905. The summed E-state index contributed by atoms with van der Waals surface area (Å²) in [6.07, 6.45) is 8.52. The Labute approximate surface area is 101 Å². The maximum Gasteiger partial charge on any atom is 0.00953 e. The van der Waals surface area contributed by atoms with E-state index in [0.717, 1.165) is 17.9 Å². The SMILES string of the molecule is CC(N)C1CCCN(C(C)C2CCCC2)C1. The molecule has 0 aromatic rings. The van der Waals surface area contributed by atoms with Crippen LogP contribution >= 0.6 is 0 Å². The Balaban J connectivity index is 1.87. The zero-order valence-corrected chi connectivity index (χ0v) is 11.0. The minimum Gasteiger partial charge on any atom is -0.328 e. The molecule has 16 heavy (non-hydrogen) atoms. The van der Waals surface area contributed by atoms with Crippen LogP contribution in [0.5, 0.6) is 0 Å². The predicted molar refractivity (Wildman–Crippen MR) is 69.4 cm³/mol. The number of nitrogens with two attached hydrogens (primary N) is 1. The lowest BCUT2D eigenvalue weighted by Crippen LogP contribution is -2.47. The summed E-state index contributed by atoms with van der Waals surface area (Å²) in [6, 6.07) is 1.17. The van der Waals surface area contributed by atoms with Crippen molar-refractivity contribution in [2.75, 3.05) is 13.1 Å². The van der Waals surface area contributed by atoms with Gasteiger partial charge < -0.3 is 10.6 Å². The Kier molecular flexibility index (Phi) is 4.26. The minimum absolute atomic E-state index is 0.374. The fourth-order valence-corrected chi connectivity index (χ4v) is 3.58. The van der Waals surface area contributed by atoms with E-state index in [0.29, 0.717) is 6.04 Å². The second-order valence-electron chi connectivity index (χ2n) is 6.04.